The van der Waals surface area contributed by atoms with Crippen LogP contribution < -0.4 is 10.2 Å². The summed E-state index contributed by atoms with van der Waals surface area (Å²) in [6.45, 7) is 6.36. The lowest BCUT2D eigenvalue weighted by Gasteiger charge is -2.42. The molecule has 19 heavy (non-hydrogen) atoms. The van der Waals surface area contributed by atoms with Gasteiger partial charge in [0.05, 0.1) is 22.3 Å². The number of piperazine rings is 1. The minimum absolute atomic E-state index is 0.466. The molecule has 2 rings (SSSR count). The first-order valence-electron chi connectivity index (χ1n) is 6.89. The average molecular weight is 278 g/mol. The molecule has 1 N–H and O–H groups in total. The molecule has 3 nitrogen and oxygen atoms in total. The van der Waals surface area contributed by atoms with E-state index in [1.807, 2.05) is 12.1 Å². The SMILES string of the molecule is CCC1CN(c2ccc(C#N)cc2Cl)C(CC)CN1. The van der Waals surface area contributed by atoms with Crippen LogP contribution in [0.25, 0.3) is 0 Å². The molecule has 4 heteroatoms. The zero-order chi connectivity index (χ0) is 13.8. The molecule has 0 radical (unpaired) electrons. The highest BCUT2D eigenvalue weighted by Crippen LogP contribution is 2.30. The maximum absolute atomic E-state index is 8.91. The summed E-state index contributed by atoms with van der Waals surface area (Å²) in [6, 6.07) is 8.68. The number of hydrogen-bond acceptors (Lipinski definition) is 3. The topological polar surface area (TPSA) is 39.1 Å². The molecular weight excluding hydrogens is 258 g/mol. The summed E-state index contributed by atoms with van der Waals surface area (Å²) in [5.74, 6) is 0. The van der Waals surface area contributed by atoms with Crippen molar-refractivity contribution in [3.8, 4) is 6.07 Å². The van der Waals surface area contributed by atoms with Crippen LogP contribution in [-0.4, -0.2) is 25.2 Å². The Balaban J connectivity index is 2.29. The fraction of sp³-hybridized carbons (Fsp3) is 0.533. The van der Waals surface area contributed by atoms with Gasteiger partial charge in [-0.25, -0.2) is 0 Å². The van der Waals surface area contributed by atoms with Gasteiger partial charge in [-0.1, -0.05) is 25.4 Å². The molecule has 0 saturated carbocycles. The van der Waals surface area contributed by atoms with Crippen molar-refractivity contribution in [1.29, 1.82) is 5.26 Å². The van der Waals surface area contributed by atoms with Crippen molar-refractivity contribution in [3.63, 3.8) is 0 Å². The maximum atomic E-state index is 8.91. The third kappa shape index (κ3) is 3.02. The number of nitriles is 1. The third-order valence-corrected chi connectivity index (χ3v) is 4.15. The summed E-state index contributed by atoms with van der Waals surface area (Å²) in [4.78, 5) is 2.38. The lowest BCUT2D eigenvalue weighted by molar-refractivity contribution is 0.379. The predicted octanol–water partition coefficient (Wildman–Crippen LogP) is 3.18. The van der Waals surface area contributed by atoms with Crippen LogP contribution in [0.3, 0.4) is 0 Å². The van der Waals surface area contributed by atoms with E-state index in [9.17, 15) is 0 Å². The first-order chi connectivity index (χ1) is 9.19. The van der Waals surface area contributed by atoms with Gasteiger partial charge in [0, 0.05) is 25.2 Å². The largest absolute Gasteiger partial charge is 0.365 e. The van der Waals surface area contributed by atoms with Crippen LogP contribution in [0.1, 0.15) is 32.3 Å². The zero-order valence-electron chi connectivity index (χ0n) is 11.5. The van der Waals surface area contributed by atoms with Crippen molar-refractivity contribution in [2.45, 2.75) is 38.8 Å². The second-order valence-corrected chi connectivity index (χ2v) is 5.41. The first kappa shape index (κ1) is 14.2. The maximum Gasteiger partial charge on any atom is 0.0992 e. The summed E-state index contributed by atoms with van der Waals surface area (Å²) in [6.07, 6.45) is 2.20. The Morgan fingerprint density at radius 3 is 2.79 bits per heavy atom. The number of nitrogens with one attached hydrogen (secondary N) is 1. The zero-order valence-corrected chi connectivity index (χ0v) is 12.2. The predicted molar refractivity (Wildman–Crippen MR) is 79.7 cm³/mol. The van der Waals surface area contributed by atoms with Crippen molar-refractivity contribution < 1.29 is 0 Å². The molecule has 2 unspecified atom stereocenters. The van der Waals surface area contributed by atoms with Gasteiger partial charge < -0.3 is 10.2 Å². The van der Waals surface area contributed by atoms with E-state index in [2.05, 4.69) is 30.1 Å². The Morgan fingerprint density at radius 2 is 2.21 bits per heavy atom. The van der Waals surface area contributed by atoms with E-state index in [1.165, 1.54) is 0 Å². The van der Waals surface area contributed by atoms with Crippen molar-refractivity contribution in [2.75, 3.05) is 18.0 Å². The van der Waals surface area contributed by atoms with E-state index < -0.39 is 0 Å². The minimum atomic E-state index is 0.466. The van der Waals surface area contributed by atoms with Gasteiger partial charge in [0.15, 0.2) is 0 Å². The molecule has 1 saturated heterocycles. The van der Waals surface area contributed by atoms with Gasteiger partial charge in [-0.2, -0.15) is 5.26 Å². The molecule has 0 aliphatic carbocycles. The van der Waals surface area contributed by atoms with Crippen LogP contribution in [0.15, 0.2) is 18.2 Å². The van der Waals surface area contributed by atoms with Crippen LogP contribution in [0.2, 0.25) is 5.02 Å². The Kier molecular flexibility index (Phi) is 4.68. The van der Waals surface area contributed by atoms with Crippen LogP contribution in [0.4, 0.5) is 5.69 Å². The van der Waals surface area contributed by atoms with Crippen molar-refractivity contribution >= 4 is 17.3 Å². The second kappa shape index (κ2) is 6.27. The van der Waals surface area contributed by atoms with Crippen LogP contribution in [0, 0.1) is 11.3 Å². The molecule has 1 aromatic carbocycles. The van der Waals surface area contributed by atoms with E-state index >= 15 is 0 Å². The molecule has 1 aliphatic rings. The monoisotopic (exact) mass is 277 g/mol. The van der Waals surface area contributed by atoms with Crippen molar-refractivity contribution in [3.05, 3.63) is 28.8 Å². The molecule has 1 aromatic rings. The standard InChI is InChI=1S/C15H20ClN3/c1-3-12-10-19(13(4-2)9-18-12)15-6-5-11(8-17)7-14(15)16/h5-7,12-13,18H,3-4,9-10H2,1-2H3. The van der Waals surface area contributed by atoms with Gasteiger partial charge in [0.1, 0.15) is 0 Å². The van der Waals surface area contributed by atoms with Crippen LogP contribution >= 0.6 is 11.6 Å². The summed E-state index contributed by atoms with van der Waals surface area (Å²) >= 11 is 6.34. The number of anilines is 1. The number of hydrogen-bond donors (Lipinski definition) is 1. The third-order valence-electron chi connectivity index (χ3n) is 3.85. The van der Waals surface area contributed by atoms with Gasteiger partial charge >= 0.3 is 0 Å². The number of rotatable bonds is 3. The molecule has 1 aliphatic heterocycles. The van der Waals surface area contributed by atoms with Gasteiger partial charge in [-0.15, -0.1) is 0 Å². The molecule has 2 atom stereocenters. The molecule has 1 heterocycles. The number of nitrogens with zero attached hydrogens (tertiary/aromatic N) is 2. The van der Waals surface area contributed by atoms with Gasteiger partial charge in [0.2, 0.25) is 0 Å². The Labute approximate surface area is 120 Å². The van der Waals surface area contributed by atoms with E-state index in [-0.39, 0.29) is 0 Å². The summed E-state index contributed by atoms with van der Waals surface area (Å²) in [5, 5.41) is 13.2. The molecular formula is C15H20ClN3. The van der Waals surface area contributed by atoms with Gasteiger partial charge in [0.25, 0.3) is 0 Å². The second-order valence-electron chi connectivity index (χ2n) is 5.01. The van der Waals surface area contributed by atoms with Crippen molar-refractivity contribution in [2.24, 2.45) is 0 Å². The summed E-state index contributed by atoms with van der Waals surface area (Å²) in [7, 11) is 0. The molecule has 102 valence electrons. The van der Waals surface area contributed by atoms with Gasteiger partial charge in [-0.3, -0.25) is 0 Å². The number of halogens is 1. The highest BCUT2D eigenvalue weighted by molar-refractivity contribution is 6.33. The Hall–Kier alpha value is -1.24. The van der Waals surface area contributed by atoms with Gasteiger partial charge in [-0.05, 0) is 31.0 Å². The smallest absolute Gasteiger partial charge is 0.0992 e. The van der Waals surface area contributed by atoms with Crippen LogP contribution in [-0.2, 0) is 0 Å². The van der Waals surface area contributed by atoms with E-state index in [1.54, 1.807) is 6.07 Å². The highest BCUT2D eigenvalue weighted by atomic mass is 35.5. The average Bonchev–Trinajstić information content (AvgIpc) is 2.46. The lowest BCUT2D eigenvalue weighted by Crippen LogP contribution is -2.56. The van der Waals surface area contributed by atoms with E-state index in [0.717, 1.165) is 31.6 Å². The normalized spacial score (nSPS) is 23.2. The van der Waals surface area contributed by atoms with Crippen molar-refractivity contribution in [1.82, 2.24) is 5.32 Å². The molecule has 0 spiro atoms. The molecule has 0 aromatic heterocycles. The summed E-state index contributed by atoms with van der Waals surface area (Å²) < 4.78 is 0. The summed E-state index contributed by atoms with van der Waals surface area (Å²) in [5.41, 5.74) is 1.66. The van der Waals surface area contributed by atoms with E-state index in [4.69, 9.17) is 16.9 Å². The molecule has 0 bridgehead atoms. The fourth-order valence-corrected chi connectivity index (χ4v) is 2.90. The minimum Gasteiger partial charge on any atom is -0.365 e. The highest BCUT2D eigenvalue weighted by Gasteiger charge is 2.27. The molecule has 0 amide bonds. The number of benzene rings is 1. The Bertz CT molecular complexity index is 481. The fourth-order valence-electron chi connectivity index (χ4n) is 2.61. The van der Waals surface area contributed by atoms with E-state index in [0.29, 0.717) is 22.7 Å². The Morgan fingerprint density at radius 1 is 1.42 bits per heavy atom. The lowest BCUT2D eigenvalue weighted by atomic mass is 10.0. The molecule has 1 fully saturated rings. The van der Waals surface area contributed by atoms with Crippen LogP contribution in [0.5, 0.6) is 0 Å². The quantitative estimate of drug-likeness (QED) is 0.922. The first-order valence-corrected chi connectivity index (χ1v) is 7.27.